The van der Waals surface area contributed by atoms with Gasteiger partial charge in [-0.2, -0.15) is 0 Å². The van der Waals surface area contributed by atoms with Crippen molar-refractivity contribution in [2.75, 3.05) is 13.1 Å². The predicted molar refractivity (Wildman–Crippen MR) is 74.8 cm³/mol. The number of rotatable bonds is 5. The molecule has 2 unspecified atom stereocenters. The third-order valence-corrected chi connectivity index (χ3v) is 5.62. The molecular formula is C14H20ClNS. The van der Waals surface area contributed by atoms with Gasteiger partial charge < -0.3 is 5.32 Å². The molecule has 1 aromatic heterocycles. The fourth-order valence-electron chi connectivity index (χ4n) is 3.56. The molecule has 3 rings (SSSR count). The van der Waals surface area contributed by atoms with E-state index in [1.165, 1.54) is 37.1 Å². The molecule has 2 atom stereocenters. The molecule has 2 aliphatic rings. The number of halogens is 1. The van der Waals surface area contributed by atoms with E-state index in [2.05, 4.69) is 18.3 Å². The monoisotopic (exact) mass is 269 g/mol. The average Bonchev–Trinajstić information content (AvgIpc) is 2.72. The maximum atomic E-state index is 6.04. The van der Waals surface area contributed by atoms with Crippen molar-refractivity contribution in [2.24, 2.45) is 17.3 Å². The second-order valence-corrected chi connectivity index (χ2v) is 7.63. The zero-order chi connectivity index (χ0) is 11.9. The van der Waals surface area contributed by atoms with Crippen molar-refractivity contribution in [1.29, 1.82) is 0 Å². The van der Waals surface area contributed by atoms with Crippen LogP contribution in [0.25, 0.3) is 0 Å². The van der Waals surface area contributed by atoms with E-state index in [1.54, 1.807) is 11.3 Å². The molecule has 0 radical (unpaired) electrons. The molecule has 0 spiro atoms. The minimum atomic E-state index is 0.526. The standard InChI is InChI=1S/C14H20ClNS/c1-2-16-9-14(6-10-5-11(10)7-14)8-12-3-4-13(15)17-12/h3-4,10-11,16H,2,5-9H2,1H3. The molecule has 94 valence electrons. The fraction of sp³-hybridized carbons (Fsp3) is 0.714. The summed E-state index contributed by atoms with van der Waals surface area (Å²) in [5.74, 6) is 2.09. The van der Waals surface area contributed by atoms with Crippen LogP contribution in [-0.4, -0.2) is 13.1 Å². The minimum absolute atomic E-state index is 0.526. The van der Waals surface area contributed by atoms with Crippen LogP contribution in [0.15, 0.2) is 12.1 Å². The van der Waals surface area contributed by atoms with Crippen molar-refractivity contribution in [2.45, 2.75) is 32.6 Å². The highest BCUT2D eigenvalue weighted by Gasteiger charge is 2.53. The first kappa shape index (κ1) is 12.0. The van der Waals surface area contributed by atoms with Gasteiger partial charge in [0, 0.05) is 11.4 Å². The number of thiophene rings is 1. The first-order valence-electron chi connectivity index (χ1n) is 6.66. The third-order valence-electron chi connectivity index (χ3n) is 4.39. The molecule has 2 saturated carbocycles. The molecule has 0 aliphatic heterocycles. The largest absolute Gasteiger partial charge is 0.316 e. The van der Waals surface area contributed by atoms with Gasteiger partial charge in [-0.15, -0.1) is 11.3 Å². The van der Waals surface area contributed by atoms with Crippen LogP contribution in [0.4, 0.5) is 0 Å². The molecule has 0 bridgehead atoms. The lowest BCUT2D eigenvalue weighted by Gasteiger charge is -2.31. The average molecular weight is 270 g/mol. The highest BCUT2D eigenvalue weighted by molar-refractivity contribution is 7.16. The number of hydrogen-bond acceptors (Lipinski definition) is 2. The summed E-state index contributed by atoms with van der Waals surface area (Å²) >= 11 is 7.80. The summed E-state index contributed by atoms with van der Waals surface area (Å²) in [4.78, 5) is 1.47. The molecule has 1 heterocycles. The first-order valence-corrected chi connectivity index (χ1v) is 7.85. The topological polar surface area (TPSA) is 12.0 Å². The molecule has 2 fully saturated rings. The number of fused-ring (bicyclic) bond motifs is 1. The molecule has 1 nitrogen and oxygen atoms in total. The van der Waals surface area contributed by atoms with Crippen LogP contribution >= 0.6 is 22.9 Å². The minimum Gasteiger partial charge on any atom is -0.316 e. The molecule has 1 aromatic rings. The normalized spacial score (nSPS) is 34.9. The Kier molecular flexibility index (Phi) is 3.22. The lowest BCUT2D eigenvalue weighted by atomic mass is 9.79. The van der Waals surface area contributed by atoms with Crippen molar-refractivity contribution in [3.63, 3.8) is 0 Å². The van der Waals surface area contributed by atoms with Gasteiger partial charge in [0.15, 0.2) is 0 Å². The smallest absolute Gasteiger partial charge is 0.0931 e. The van der Waals surface area contributed by atoms with Crippen LogP contribution < -0.4 is 5.32 Å². The lowest BCUT2D eigenvalue weighted by Crippen LogP contribution is -2.35. The molecular weight excluding hydrogens is 250 g/mol. The number of nitrogens with one attached hydrogen (secondary N) is 1. The summed E-state index contributed by atoms with van der Waals surface area (Å²) in [6.45, 7) is 4.47. The van der Waals surface area contributed by atoms with Crippen molar-refractivity contribution in [3.8, 4) is 0 Å². The van der Waals surface area contributed by atoms with Crippen LogP contribution in [-0.2, 0) is 6.42 Å². The van der Waals surface area contributed by atoms with Gasteiger partial charge in [0.2, 0.25) is 0 Å². The van der Waals surface area contributed by atoms with E-state index < -0.39 is 0 Å². The molecule has 0 amide bonds. The van der Waals surface area contributed by atoms with E-state index in [0.29, 0.717) is 5.41 Å². The Balaban J connectivity index is 1.70. The Morgan fingerprint density at radius 2 is 2.18 bits per heavy atom. The molecule has 2 aliphatic carbocycles. The van der Waals surface area contributed by atoms with Gasteiger partial charge in [-0.1, -0.05) is 18.5 Å². The third kappa shape index (κ3) is 2.54. The summed E-state index contributed by atoms with van der Waals surface area (Å²) in [5, 5.41) is 3.57. The molecule has 0 saturated heterocycles. The summed E-state index contributed by atoms with van der Waals surface area (Å²) in [5.41, 5.74) is 0.526. The zero-order valence-corrected chi connectivity index (χ0v) is 11.9. The second kappa shape index (κ2) is 4.56. The maximum Gasteiger partial charge on any atom is 0.0931 e. The number of hydrogen-bond donors (Lipinski definition) is 1. The Bertz CT molecular complexity index is 391. The maximum absolute atomic E-state index is 6.04. The van der Waals surface area contributed by atoms with Crippen molar-refractivity contribution < 1.29 is 0 Å². The second-order valence-electron chi connectivity index (χ2n) is 5.83. The van der Waals surface area contributed by atoms with E-state index in [-0.39, 0.29) is 0 Å². The summed E-state index contributed by atoms with van der Waals surface area (Å²) < 4.78 is 0.932. The Hall–Kier alpha value is -0.0500. The molecule has 3 heteroatoms. The van der Waals surface area contributed by atoms with Gasteiger partial charge in [0.05, 0.1) is 4.34 Å². The predicted octanol–water partition coefficient (Wildman–Crippen LogP) is 3.97. The van der Waals surface area contributed by atoms with Gasteiger partial charge >= 0.3 is 0 Å². The SMILES string of the molecule is CCNCC1(Cc2ccc(Cl)s2)CC2CC2C1. The van der Waals surface area contributed by atoms with Crippen LogP contribution in [0, 0.1) is 17.3 Å². The van der Waals surface area contributed by atoms with Gasteiger partial charge in [0.25, 0.3) is 0 Å². The van der Waals surface area contributed by atoms with Crippen LogP contribution in [0.3, 0.4) is 0 Å². The zero-order valence-electron chi connectivity index (χ0n) is 10.3. The van der Waals surface area contributed by atoms with Gasteiger partial charge in [-0.3, -0.25) is 0 Å². The summed E-state index contributed by atoms with van der Waals surface area (Å²) in [6, 6.07) is 4.25. The van der Waals surface area contributed by atoms with Crippen molar-refractivity contribution in [1.82, 2.24) is 5.32 Å². The lowest BCUT2D eigenvalue weighted by molar-refractivity contribution is 0.252. The van der Waals surface area contributed by atoms with E-state index in [9.17, 15) is 0 Å². The fourth-order valence-corrected chi connectivity index (χ4v) is 4.82. The quantitative estimate of drug-likeness (QED) is 0.853. The van der Waals surface area contributed by atoms with Gasteiger partial charge in [-0.25, -0.2) is 0 Å². The van der Waals surface area contributed by atoms with Crippen LogP contribution in [0.1, 0.15) is 31.1 Å². The van der Waals surface area contributed by atoms with E-state index >= 15 is 0 Å². The molecule has 17 heavy (non-hydrogen) atoms. The van der Waals surface area contributed by atoms with Crippen LogP contribution in [0.5, 0.6) is 0 Å². The van der Waals surface area contributed by atoms with Crippen molar-refractivity contribution >= 4 is 22.9 Å². The molecule has 1 N–H and O–H groups in total. The van der Waals surface area contributed by atoms with E-state index in [4.69, 9.17) is 11.6 Å². The van der Waals surface area contributed by atoms with Crippen LogP contribution in [0.2, 0.25) is 4.34 Å². The van der Waals surface area contributed by atoms with E-state index in [0.717, 1.165) is 22.7 Å². The summed E-state index contributed by atoms with van der Waals surface area (Å²) in [6.07, 6.45) is 5.59. The Morgan fingerprint density at radius 1 is 1.41 bits per heavy atom. The summed E-state index contributed by atoms with van der Waals surface area (Å²) in [7, 11) is 0. The Labute approximate surface area is 113 Å². The first-order chi connectivity index (χ1) is 8.21. The van der Waals surface area contributed by atoms with Gasteiger partial charge in [-0.05, 0) is 61.6 Å². The van der Waals surface area contributed by atoms with Gasteiger partial charge in [0.1, 0.15) is 0 Å². The highest BCUT2D eigenvalue weighted by atomic mass is 35.5. The van der Waals surface area contributed by atoms with E-state index in [1.807, 2.05) is 6.07 Å². The Morgan fingerprint density at radius 3 is 2.76 bits per heavy atom. The van der Waals surface area contributed by atoms with Crippen molar-refractivity contribution in [3.05, 3.63) is 21.3 Å². The molecule has 0 aromatic carbocycles. The highest BCUT2D eigenvalue weighted by Crippen LogP contribution is 2.60.